The summed E-state index contributed by atoms with van der Waals surface area (Å²) in [4.78, 5) is 17.9. The highest BCUT2D eigenvalue weighted by Crippen LogP contribution is 2.12. The summed E-state index contributed by atoms with van der Waals surface area (Å²) in [6.45, 7) is 11.9. The number of hydrazine groups is 1. The molecule has 0 bridgehead atoms. The lowest BCUT2D eigenvalue weighted by Crippen LogP contribution is -2.35. The fraction of sp³-hybridized carbons (Fsp3) is 0.161. The predicted molar refractivity (Wildman–Crippen MR) is 155 cm³/mol. The van der Waals surface area contributed by atoms with Gasteiger partial charge in [0.25, 0.3) is 5.56 Å². The van der Waals surface area contributed by atoms with E-state index in [1.807, 2.05) is 72.6 Å². The number of hydrogen-bond donors (Lipinski definition) is 3. The number of anilines is 1. The number of aryl methyl sites for hydroxylation is 1. The van der Waals surface area contributed by atoms with Crippen LogP contribution in [0.15, 0.2) is 115 Å². The maximum atomic E-state index is 13.5. The first-order chi connectivity index (χ1) is 18.4. The second-order valence-electron chi connectivity index (χ2n) is 9.26. The van der Waals surface area contributed by atoms with E-state index in [4.69, 9.17) is 5.73 Å². The Hall–Kier alpha value is -4.62. The molecule has 0 spiro atoms. The monoisotopic (exact) mass is 506 g/mol. The molecule has 38 heavy (non-hydrogen) atoms. The Bertz CT molecular complexity index is 1390. The van der Waals surface area contributed by atoms with Crippen LogP contribution in [0.2, 0.25) is 0 Å². The van der Waals surface area contributed by atoms with Gasteiger partial charge in [-0.25, -0.2) is 9.99 Å². The van der Waals surface area contributed by atoms with E-state index in [-0.39, 0.29) is 11.4 Å². The van der Waals surface area contributed by atoms with Gasteiger partial charge in [-0.3, -0.25) is 10.2 Å². The molecule has 4 aromatic rings. The first-order valence-electron chi connectivity index (χ1n) is 12.5. The Morgan fingerprint density at radius 2 is 1.47 bits per heavy atom. The number of allylic oxidation sites excluding steroid dienone is 1. The van der Waals surface area contributed by atoms with E-state index < -0.39 is 0 Å². The highest BCUT2D eigenvalue weighted by atomic mass is 16.1. The Morgan fingerprint density at radius 1 is 0.895 bits per heavy atom. The lowest BCUT2D eigenvalue weighted by molar-refractivity contribution is 0.311. The molecule has 0 radical (unpaired) electrons. The van der Waals surface area contributed by atoms with Gasteiger partial charge in [0.2, 0.25) is 5.82 Å². The van der Waals surface area contributed by atoms with Gasteiger partial charge < -0.3 is 15.6 Å². The fourth-order valence-electron chi connectivity index (χ4n) is 4.05. The highest BCUT2D eigenvalue weighted by Gasteiger charge is 2.14. The molecule has 1 heterocycles. The lowest BCUT2D eigenvalue weighted by Gasteiger charge is -2.24. The average Bonchev–Trinajstić information content (AvgIpc) is 2.93. The molecule has 0 atom stereocenters. The summed E-state index contributed by atoms with van der Waals surface area (Å²) in [6.07, 6.45) is 1.71. The molecule has 0 aliphatic carbocycles. The predicted octanol–water partition coefficient (Wildman–Crippen LogP) is 4.81. The van der Waals surface area contributed by atoms with E-state index in [0.29, 0.717) is 31.9 Å². The molecule has 0 saturated heterocycles. The second kappa shape index (κ2) is 12.6. The standard InChI is InChI=1S/C31H34N6O/c1-23(33-19-26-14-16-29(17-15-26)25(3)32)20-37-24(2)18-34-30(31(37)38)35-36(21-27-10-6-4-7-11-27)22-28-12-8-5-9-13-28/h4-18,33H,1,3,19-22,32H2,2H3,(H,34,35). The highest BCUT2D eigenvalue weighted by molar-refractivity contribution is 5.60. The molecule has 7 nitrogen and oxygen atoms in total. The van der Waals surface area contributed by atoms with Gasteiger partial charge in [-0.15, -0.1) is 0 Å². The van der Waals surface area contributed by atoms with Gasteiger partial charge in [0, 0.05) is 42.9 Å². The maximum absolute atomic E-state index is 13.5. The zero-order chi connectivity index (χ0) is 26.9. The van der Waals surface area contributed by atoms with Crippen molar-refractivity contribution < 1.29 is 0 Å². The van der Waals surface area contributed by atoms with E-state index >= 15 is 0 Å². The molecule has 194 valence electrons. The quantitative estimate of drug-likeness (QED) is 0.239. The Kier molecular flexibility index (Phi) is 8.74. The van der Waals surface area contributed by atoms with E-state index in [9.17, 15) is 4.79 Å². The summed E-state index contributed by atoms with van der Waals surface area (Å²) in [5.41, 5.74) is 15.1. The first-order valence-corrected chi connectivity index (χ1v) is 12.5. The first kappa shape index (κ1) is 26.4. The summed E-state index contributed by atoms with van der Waals surface area (Å²) < 4.78 is 1.68. The van der Waals surface area contributed by atoms with Gasteiger partial charge in [-0.2, -0.15) is 0 Å². The molecular weight excluding hydrogens is 472 g/mol. The normalized spacial score (nSPS) is 10.8. The van der Waals surface area contributed by atoms with E-state index in [2.05, 4.69) is 53.1 Å². The lowest BCUT2D eigenvalue weighted by atomic mass is 10.1. The molecule has 4 rings (SSSR count). The van der Waals surface area contributed by atoms with Gasteiger partial charge in [0.05, 0.1) is 6.54 Å². The SMILES string of the molecule is C=C(Cn1c(C)cnc(NN(Cc2ccccc2)Cc2ccccc2)c1=O)NCc1ccc(C(=C)N)cc1. The van der Waals surface area contributed by atoms with Crippen molar-refractivity contribution in [3.05, 3.63) is 148 Å². The molecule has 0 unspecified atom stereocenters. The van der Waals surface area contributed by atoms with Crippen molar-refractivity contribution in [2.75, 3.05) is 5.43 Å². The van der Waals surface area contributed by atoms with Crippen molar-refractivity contribution in [3.8, 4) is 0 Å². The van der Waals surface area contributed by atoms with Crippen LogP contribution in [0.5, 0.6) is 0 Å². The zero-order valence-electron chi connectivity index (χ0n) is 21.7. The zero-order valence-corrected chi connectivity index (χ0v) is 21.7. The minimum absolute atomic E-state index is 0.204. The van der Waals surface area contributed by atoms with Gasteiger partial charge in [-0.1, -0.05) is 98.1 Å². The number of nitrogens with one attached hydrogen (secondary N) is 2. The van der Waals surface area contributed by atoms with Gasteiger partial charge >= 0.3 is 0 Å². The number of nitrogens with zero attached hydrogens (tertiary/aromatic N) is 3. The number of hydrogen-bond acceptors (Lipinski definition) is 6. The summed E-state index contributed by atoms with van der Waals surface area (Å²) in [5.74, 6) is 0.271. The van der Waals surface area contributed by atoms with Crippen LogP contribution in [-0.2, 0) is 26.2 Å². The summed E-state index contributed by atoms with van der Waals surface area (Å²) in [5, 5.41) is 5.32. The number of aromatic nitrogens is 2. The van der Waals surface area contributed by atoms with Gasteiger partial charge in [0.15, 0.2) is 0 Å². The third-order valence-corrected chi connectivity index (χ3v) is 6.17. The third kappa shape index (κ3) is 7.21. The largest absolute Gasteiger partial charge is 0.399 e. The van der Waals surface area contributed by atoms with Gasteiger partial charge in [-0.05, 0) is 29.2 Å². The number of rotatable bonds is 12. The minimum Gasteiger partial charge on any atom is -0.399 e. The summed E-state index contributed by atoms with van der Waals surface area (Å²) >= 11 is 0. The number of nitrogens with two attached hydrogens (primary N) is 1. The van der Waals surface area contributed by atoms with Crippen LogP contribution in [0, 0.1) is 6.92 Å². The summed E-state index contributed by atoms with van der Waals surface area (Å²) in [6, 6.07) is 28.1. The van der Waals surface area contributed by atoms with Crippen molar-refractivity contribution >= 4 is 11.5 Å². The molecule has 0 fully saturated rings. The molecule has 0 saturated carbocycles. The van der Waals surface area contributed by atoms with Crippen molar-refractivity contribution in [3.63, 3.8) is 0 Å². The Morgan fingerprint density at radius 3 is 2.03 bits per heavy atom. The Balaban J connectivity index is 1.47. The van der Waals surface area contributed by atoms with E-state index in [1.165, 1.54) is 0 Å². The van der Waals surface area contributed by atoms with Crippen LogP contribution in [0.3, 0.4) is 0 Å². The minimum atomic E-state index is -0.204. The molecule has 0 aliphatic heterocycles. The van der Waals surface area contributed by atoms with Crippen molar-refractivity contribution in [2.45, 2.75) is 33.1 Å². The molecule has 4 N–H and O–H groups in total. The molecule has 0 aliphatic rings. The van der Waals surface area contributed by atoms with Crippen LogP contribution in [0.4, 0.5) is 5.82 Å². The smallest absolute Gasteiger partial charge is 0.295 e. The molecule has 3 aromatic carbocycles. The molecular formula is C31H34N6O. The maximum Gasteiger partial charge on any atom is 0.295 e. The third-order valence-electron chi connectivity index (χ3n) is 6.17. The van der Waals surface area contributed by atoms with Crippen molar-refractivity contribution in [1.29, 1.82) is 0 Å². The molecule has 0 amide bonds. The fourth-order valence-corrected chi connectivity index (χ4v) is 4.05. The average molecular weight is 507 g/mol. The van der Waals surface area contributed by atoms with Crippen molar-refractivity contribution in [2.24, 2.45) is 5.73 Å². The Labute approximate surface area is 223 Å². The van der Waals surface area contributed by atoms with Crippen LogP contribution in [0.1, 0.15) is 27.9 Å². The number of benzene rings is 3. The van der Waals surface area contributed by atoms with E-state index in [1.54, 1.807) is 10.8 Å². The van der Waals surface area contributed by atoms with E-state index in [0.717, 1.165) is 33.6 Å². The van der Waals surface area contributed by atoms with Crippen molar-refractivity contribution in [1.82, 2.24) is 19.9 Å². The van der Waals surface area contributed by atoms with Crippen LogP contribution in [0.25, 0.3) is 5.70 Å². The second-order valence-corrected chi connectivity index (χ2v) is 9.26. The van der Waals surface area contributed by atoms with Crippen LogP contribution >= 0.6 is 0 Å². The molecule has 1 aromatic heterocycles. The topological polar surface area (TPSA) is 88.2 Å². The van der Waals surface area contributed by atoms with Gasteiger partial charge in [0.1, 0.15) is 0 Å². The van der Waals surface area contributed by atoms with Crippen LogP contribution < -0.4 is 22.0 Å². The molecule has 7 heteroatoms. The summed E-state index contributed by atoms with van der Waals surface area (Å²) in [7, 11) is 0. The van der Waals surface area contributed by atoms with Crippen LogP contribution in [-0.4, -0.2) is 14.6 Å².